The van der Waals surface area contributed by atoms with Crippen molar-refractivity contribution >= 4 is 23.7 Å². The molecule has 1 unspecified atom stereocenters. The molecular formula is C69H134IO9-. The third-order valence-electron chi connectivity index (χ3n) is 15.7. The number of Topliss-reactive ketones (excluding diaryl/α,β-unsaturated/α-hetero) is 1. The minimum atomic E-state index is -0.970. The first-order valence-electron chi connectivity index (χ1n) is 34.6. The largest absolute Gasteiger partial charge is 1.00 e. The van der Waals surface area contributed by atoms with Crippen molar-refractivity contribution < 1.29 is 67.6 Å². The monoisotopic (exact) mass is 1230 g/mol. The Morgan fingerprint density at radius 1 is 0.278 bits per heavy atom. The highest BCUT2D eigenvalue weighted by Crippen LogP contribution is 2.19. The third kappa shape index (κ3) is 67.4. The lowest BCUT2D eigenvalue weighted by Gasteiger charge is -2.17. The van der Waals surface area contributed by atoms with Gasteiger partial charge < -0.3 is 48.4 Å². The molecular weight excluding hydrogens is 1100 g/mol. The summed E-state index contributed by atoms with van der Waals surface area (Å²) in [5.74, 6) is -1.04. The molecule has 0 saturated carbocycles. The summed E-state index contributed by atoms with van der Waals surface area (Å²) in [6.07, 6.45) is 65.3. The zero-order valence-corrected chi connectivity index (χ0v) is 55.2. The molecule has 0 radical (unpaired) electrons. The van der Waals surface area contributed by atoms with Gasteiger partial charge in [0.25, 0.3) is 0 Å². The van der Waals surface area contributed by atoms with Crippen molar-refractivity contribution in [3.8, 4) is 0 Å². The minimum absolute atomic E-state index is 0. The van der Waals surface area contributed by atoms with E-state index in [0.29, 0.717) is 25.7 Å². The van der Waals surface area contributed by atoms with Crippen LogP contribution in [0.1, 0.15) is 387 Å². The van der Waals surface area contributed by atoms with Crippen molar-refractivity contribution in [3.63, 3.8) is 0 Å². The molecule has 0 aliphatic heterocycles. The van der Waals surface area contributed by atoms with Gasteiger partial charge in [0.05, 0.1) is 13.2 Å². The van der Waals surface area contributed by atoms with Crippen molar-refractivity contribution in [2.45, 2.75) is 399 Å². The quantitative estimate of drug-likeness (QED) is 0.0264. The van der Waals surface area contributed by atoms with Crippen LogP contribution in [0.4, 0.5) is 0 Å². The lowest BCUT2D eigenvalue weighted by Crippen LogP contribution is -3.00. The molecule has 79 heavy (non-hydrogen) atoms. The Kier molecular flexibility index (Phi) is 73.6. The number of aliphatic hydroxyl groups is 2. The number of aliphatic hydroxyl groups excluding tert-OH is 2. The van der Waals surface area contributed by atoms with Gasteiger partial charge in [0, 0.05) is 25.7 Å². The maximum Gasteiger partial charge on any atom is 0.306 e. The van der Waals surface area contributed by atoms with Crippen molar-refractivity contribution in [1.29, 1.82) is 0 Å². The van der Waals surface area contributed by atoms with Crippen LogP contribution in [0.2, 0.25) is 0 Å². The second-order valence-electron chi connectivity index (χ2n) is 23.6. The lowest BCUT2D eigenvalue weighted by molar-refractivity contribution is -0.163. The summed E-state index contributed by atoms with van der Waals surface area (Å²) >= 11 is 0. The molecule has 10 heteroatoms. The van der Waals surface area contributed by atoms with Crippen LogP contribution in [0, 0.1) is 0 Å². The molecule has 0 fully saturated rings. The number of carbonyl (C=O) groups is 4. The van der Waals surface area contributed by atoms with E-state index in [4.69, 9.17) is 24.4 Å². The van der Waals surface area contributed by atoms with E-state index in [1.807, 2.05) is 0 Å². The molecule has 0 aromatic carbocycles. The molecule has 0 aromatic heterocycles. The number of unbranched alkanes of at least 4 members (excludes halogenated alkanes) is 48. The van der Waals surface area contributed by atoms with Crippen LogP contribution in [-0.2, 0) is 33.4 Å². The van der Waals surface area contributed by atoms with E-state index in [-0.39, 0.29) is 67.5 Å². The first-order chi connectivity index (χ1) is 38.3. The highest BCUT2D eigenvalue weighted by molar-refractivity contribution is 5.86. The Bertz CT molecular complexity index is 1230. The minimum Gasteiger partial charge on any atom is -1.00 e. The first-order valence-corrected chi connectivity index (χ1v) is 34.6. The third-order valence-corrected chi connectivity index (χ3v) is 15.7. The van der Waals surface area contributed by atoms with Crippen LogP contribution < -0.4 is 24.0 Å². The number of ketones is 1. The van der Waals surface area contributed by atoms with Gasteiger partial charge in [0.2, 0.25) is 0 Å². The van der Waals surface area contributed by atoms with Crippen LogP contribution in [-0.4, -0.2) is 65.9 Å². The average Bonchev–Trinajstić information content (AvgIpc) is 3.44. The Morgan fingerprint density at radius 2 is 0.481 bits per heavy atom. The van der Waals surface area contributed by atoms with E-state index in [1.54, 1.807) is 0 Å². The molecule has 0 rings (SSSR count). The summed E-state index contributed by atoms with van der Waals surface area (Å²) in [5.41, 5.74) is 0. The van der Waals surface area contributed by atoms with Crippen molar-refractivity contribution in [2.24, 2.45) is 0 Å². The predicted molar refractivity (Wildman–Crippen MR) is 331 cm³/mol. The van der Waals surface area contributed by atoms with Gasteiger partial charge in [-0.05, 0) is 25.7 Å². The zero-order chi connectivity index (χ0) is 57.3. The Morgan fingerprint density at radius 3 is 0.722 bits per heavy atom. The maximum absolute atomic E-state index is 13.2. The van der Waals surface area contributed by atoms with Gasteiger partial charge in [0.1, 0.15) is 12.7 Å². The Labute approximate surface area is 507 Å². The van der Waals surface area contributed by atoms with Gasteiger partial charge in [-0.15, -0.1) is 0 Å². The van der Waals surface area contributed by atoms with Crippen molar-refractivity contribution in [1.82, 2.24) is 0 Å². The lowest BCUT2D eigenvalue weighted by atomic mass is 10.0. The molecule has 0 heterocycles. The summed E-state index contributed by atoms with van der Waals surface area (Å²) in [6.45, 7) is 8.28. The van der Waals surface area contributed by atoms with Gasteiger partial charge in [-0.2, -0.15) is 0 Å². The molecule has 472 valence electrons. The number of hydrogen-bond acceptors (Lipinski definition) is 9. The number of rotatable bonds is 63. The second kappa shape index (κ2) is 71.0. The fourth-order valence-electron chi connectivity index (χ4n) is 10.4. The van der Waals surface area contributed by atoms with E-state index in [1.165, 1.54) is 263 Å². The van der Waals surface area contributed by atoms with E-state index in [9.17, 15) is 19.2 Å². The van der Waals surface area contributed by atoms with E-state index >= 15 is 0 Å². The van der Waals surface area contributed by atoms with Gasteiger partial charge in [-0.1, -0.05) is 336 Å². The van der Waals surface area contributed by atoms with Gasteiger partial charge in [0.15, 0.2) is 11.9 Å². The van der Waals surface area contributed by atoms with E-state index < -0.39 is 12.2 Å². The summed E-state index contributed by atoms with van der Waals surface area (Å²) < 4.78 is 16.1. The normalized spacial score (nSPS) is 11.5. The molecule has 0 amide bonds. The Hall–Kier alpha value is -1.27. The maximum atomic E-state index is 13.2. The summed E-state index contributed by atoms with van der Waals surface area (Å²) in [4.78, 5) is 50.0. The number of carbonyl (C=O) groups excluding carboxylic acids is 4. The SMILES string of the molecule is CCCCCCCCCCCCCCCC(=O)OC(CO)CO.CCCCCCCCCCCCCCCC(=O)OCC(OC(=O)CCCCCCCCCCCCCCC)C(=O)CCCCCCCCCCCCCCC.[I-]. The summed E-state index contributed by atoms with van der Waals surface area (Å²) in [7, 11) is 0. The topological polar surface area (TPSA) is 136 Å². The summed E-state index contributed by atoms with van der Waals surface area (Å²) in [6, 6.07) is 0. The van der Waals surface area contributed by atoms with Gasteiger partial charge in [-0.25, -0.2) is 0 Å². The first kappa shape index (κ1) is 81.9. The van der Waals surface area contributed by atoms with Crippen molar-refractivity contribution in [2.75, 3.05) is 19.8 Å². The molecule has 0 saturated heterocycles. The fourth-order valence-corrected chi connectivity index (χ4v) is 10.4. The summed E-state index contributed by atoms with van der Waals surface area (Å²) in [5, 5.41) is 17.6. The second-order valence-corrected chi connectivity index (χ2v) is 23.6. The van der Waals surface area contributed by atoms with Gasteiger partial charge >= 0.3 is 17.9 Å². The van der Waals surface area contributed by atoms with E-state index in [0.717, 1.165) is 70.6 Å². The Balaban J connectivity index is -0.00000201. The van der Waals surface area contributed by atoms with Crippen LogP contribution in [0.15, 0.2) is 0 Å². The molecule has 2 N–H and O–H groups in total. The highest BCUT2D eigenvalue weighted by Gasteiger charge is 2.24. The van der Waals surface area contributed by atoms with Crippen molar-refractivity contribution in [3.05, 3.63) is 0 Å². The number of esters is 3. The molecule has 0 bridgehead atoms. The van der Waals surface area contributed by atoms with Crippen LogP contribution in [0.5, 0.6) is 0 Å². The smallest absolute Gasteiger partial charge is 0.306 e. The van der Waals surface area contributed by atoms with Crippen LogP contribution >= 0.6 is 0 Å². The van der Waals surface area contributed by atoms with Crippen LogP contribution in [0.25, 0.3) is 0 Å². The number of hydrogen-bond donors (Lipinski definition) is 2. The molecule has 9 nitrogen and oxygen atoms in total. The highest BCUT2D eigenvalue weighted by atomic mass is 127. The molecule has 1 atom stereocenters. The zero-order valence-electron chi connectivity index (χ0n) is 53.0. The van der Waals surface area contributed by atoms with E-state index in [2.05, 4.69) is 27.7 Å². The average molecular weight is 1230 g/mol. The predicted octanol–water partition coefficient (Wildman–Crippen LogP) is 17.8. The molecule has 0 aliphatic carbocycles. The molecule has 0 aromatic rings. The standard InChI is InChI=1S/C50H96O5.C19H38O4.HI/c1-4-7-10-13-16-19-22-25-28-31-34-37-40-43-47(51)48(55-50(53)45-42-39-36-33-30-27-24-21-18-15-12-9-6-3)46-54-49(52)44-41-38-35-32-29-26-23-20-17-14-11-8-5-2;1-2-3-4-5-6-7-8-9-10-11-12-13-14-15-19(22)23-18(16-20)17-21;/h48H,4-46H2,1-3H3;18,20-21H,2-17H2,1H3;1H/p-1. The molecule has 0 aliphatic rings. The molecule has 0 spiro atoms. The number of halogens is 1. The van der Waals surface area contributed by atoms with Crippen LogP contribution in [0.3, 0.4) is 0 Å². The van der Waals surface area contributed by atoms with Gasteiger partial charge in [-0.3, -0.25) is 19.2 Å². The fraction of sp³-hybridized carbons (Fsp3) is 0.942. The number of ether oxygens (including phenoxy) is 3.